The third-order valence-corrected chi connectivity index (χ3v) is 4.48. The summed E-state index contributed by atoms with van der Waals surface area (Å²) in [7, 11) is 0. The Labute approximate surface area is 96.4 Å². The van der Waals surface area contributed by atoms with Gasteiger partial charge in [-0.15, -0.1) is 0 Å². The average molecular weight is 221 g/mol. The van der Waals surface area contributed by atoms with Crippen LogP contribution in [0.3, 0.4) is 0 Å². The highest BCUT2D eigenvalue weighted by Gasteiger charge is 2.25. The van der Waals surface area contributed by atoms with Gasteiger partial charge in [0.15, 0.2) is 0 Å². The van der Waals surface area contributed by atoms with Crippen LogP contribution in [-0.4, -0.2) is 18.1 Å². The molecule has 2 heteroatoms. The number of nitrogens with two attached hydrogens (primary N) is 1. The van der Waals surface area contributed by atoms with Crippen LogP contribution in [0, 0.1) is 12.8 Å². The molecule has 0 radical (unpaired) electrons. The Bertz CT molecular complexity index is 301. The van der Waals surface area contributed by atoms with Gasteiger partial charge in [-0.2, -0.15) is 11.8 Å². The summed E-state index contributed by atoms with van der Waals surface area (Å²) in [5.74, 6) is 3.96. The number of hydrogen-bond acceptors (Lipinski definition) is 2. The molecule has 2 unspecified atom stereocenters. The summed E-state index contributed by atoms with van der Waals surface area (Å²) in [5.41, 5.74) is 8.67. The summed E-state index contributed by atoms with van der Waals surface area (Å²) in [5, 5.41) is 0. The highest BCUT2D eigenvalue weighted by atomic mass is 32.2. The largest absolute Gasteiger partial charge is 0.330 e. The predicted octanol–water partition coefficient (Wildman–Crippen LogP) is 2.79. The summed E-state index contributed by atoms with van der Waals surface area (Å²) in [6.45, 7) is 2.92. The third-order valence-electron chi connectivity index (χ3n) is 3.29. The van der Waals surface area contributed by atoms with Gasteiger partial charge in [0.25, 0.3) is 0 Å². The number of rotatable bonds is 3. The minimum absolute atomic E-state index is 0.570. The van der Waals surface area contributed by atoms with Crippen LogP contribution in [-0.2, 0) is 0 Å². The van der Waals surface area contributed by atoms with Crippen molar-refractivity contribution in [2.24, 2.45) is 11.7 Å². The van der Waals surface area contributed by atoms with Gasteiger partial charge >= 0.3 is 0 Å². The van der Waals surface area contributed by atoms with Crippen molar-refractivity contribution in [2.75, 3.05) is 18.1 Å². The van der Waals surface area contributed by atoms with E-state index < -0.39 is 0 Å². The van der Waals surface area contributed by atoms with Gasteiger partial charge in [0.05, 0.1) is 0 Å². The summed E-state index contributed by atoms with van der Waals surface area (Å²) in [6.07, 6.45) is 1.33. The Morgan fingerprint density at radius 3 is 2.67 bits per heavy atom. The molecule has 2 rings (SSSR count). The van der Waals surface area contributed by atoms with Gasteiger partial charge in [-0.1, -0.05) is 29.8 Å². The zero-order chi connectivity index (χ0) is 10.7. The zero-order valence-corrected chi connectivity index (χ0v) is 10.1. The minimum atomic E-state index is 0.570. The first-order chi connectivity index (χ1) is 7.31. The molecule has 1 aliphatic rings. The Morgan fingerprint density at radius 2 is 2.13 bits per heavy atom. The average Bonchev–Trinajstić information content (AvgIpc) is 2.75. The van der Waals surface area contributed by atoms with Gasteiger partial charge in [-0.25, -0.2) is 0 Å². The standard InChI is InChI=1S/C13H19NS/c1-10-2-4-11(5-3-10)13(8-14)12-6-7-15-9-12/h2-5,12-13H,6-9,14H2,1H3. The molecular formula is C13H19NS. The van der Waals surface area contributed by atoms with Gasteiger partial charge in [-0.3, -0.25) is 0 Å². The highest BCUT2D eigenvalue weighted by Crippen LogP contribution is 2.35. The molecule has 0 aliphatic carbocycles. The van der Waals surface area contributed by atoms with Crippen molar-refractivity contribution in [3.05, 3.63) is 35.4 Å². The van der Waals surface area contributed by atoms with Crippen molar-refractivity contribution in [3.8, 4) is 0 Å². The van der Waals surface area contributed by atoms with Crippen molar-refractivity contribution >= 4 is 11.8 Å². The van der Waals surface area contributed by atoms with Crippen LogP contribution in [0.15, 0.2) is 24.3 Å². The minimum Gasteiger partial charge on any atom is -0.330 e. The van der Waals surface area contributed by atoms with E-state index in [4.69, 9.17) is 5.73 Å². The number of hydrogen-bond donors (Lipinski definition) is 1. The number of thioether (sulfide) groups is 1. The molecule has 0 aromatic heterocycles. The quantitative estimate of drug-likeness (QED) is 0.849. The van der Waals surface area contributed by atoms with Crippen LogP contribution in [0.25, 0.3) is 0 Å². The molecule has 1 heterocycles. The van der Waals surface area contributed by atoms with Crippen LogP contribution >= 0.6 is 11.8 Å². The SMILES string of the molecule is Cc1ccc(C(CN)C2CCSC2)cc1. The van der Waals surface area contributed by atoms with Crippen molar-refractivity contribution in [2.45, 2.75) is 19.3 Å². The molecule has 0 saturated carbocycles. The highest BCUT2D eigenvalue weighted by molar-refractivity contribution is 7.99. The maximum absolute atomic E-state index is 5.91. The van der Waals surface area contributed by atoms with Crippen molar-refractivity contribution in [1.29, 1.82) is 0 Å². The van der Waals surface area contributed by atoms with Gasteiger partial charge < -0.3 is 5.73 Å². The van der Waals surface area contributed by atoms with E-state index >= 15 is 0 Å². The maximum atomic E-state index is 5.91. The molecule has 15 heavy (non-hydrogen) atoms. The fourth-order valence-electron chi connectivity index (χ4n) is 2.28. The Morgan fingerprint density at radius 1 is 1.40 bits per heavy atom. The molecule has 1 aliphatic heterocycles. The second kappa shape index (κ2) is 5.04. The summed E-state index contributed by atoms with van der Waals surface area (Å²) in [4.78, 5) is 0. The van der Waals surface area contributed by atoms with Crippen LogP contribution in [0.2, 0.25) is 0 Å². The molecule has 2 atom stereocenters. The summed E-state index contributed by atoms with van der Waals surface area (Å²) in [6, 6.07) is 8.88. The third kappa shape index (κ3) is 2.56. The molecule has 0 spiro atoms. The molecule has 0 amide bonds. The van der Waals surface area contributed by atoms with E-state index in [1.54, 1.807) is 0 Å². The normalized spacial score (nSPS) is 22.9. The van der Waals surface area contributed by atoms with Crippen LogP contribution in [0.5, 0.6) is 0 Å². The fraction of sp³-hybridized carbons (Fsp3) is 0.538. The smallest absolute Gasteiger partial charge is 0.000238 e. The van der Waals surface area contributed by atoms with E-state index in [1.165, 1.54) is 29.1 Å². The zero-order valence-electron chi connectivity index (χ0n) is 9.28. The van der Waals surface area contributed by atoms with E-state index in [9.17, 15) is 0 Å². The molecule has 1 fully saturated rings. The maximum Gasteiger partial charge on any atom is -0.000238 e. The van der Waals surface area contributed by atoms with E-state index in [-0.39, 0.29) is 0 Å². The first kappa shape index (κ1) is 11.0. The second-order valence-electron chi connectivity index (χ2n) is 4.38. The Balaban J connectivity index is 2.14. The molecule has 1 aromatic carbocycles. The van der Waals surface area contributed by atoms with Crippen LogP contribution < -0.4 is 5.73 Å². The topological polar surface area (TPSA) is 26.0 Å². The van der Waals surface area contributed by atoms with Gasteiger partial charge in [0, 0.05) is 0 Å². The molecule has 82 valence electrons. The van der Waals surface area contributed by atoms with Gasteiger partial charge in [-0.05, 0) is 48.8 Å². The van der Waals surface area contributed by atoms with Crippen LogP contribution in [0.1, 0.15) is 23.5 Å². The lowest BCUT2D eigenvalue weighted by atomic mass is 9.85. The van der Waals surface area contributed by atoms with Crippen molar-refractivity contribution in [3.63, 3.8) is 0 Å². The van der Waals surface area contributed by atoms with E-state index in [1.807, 2.05) is 0 Å². The Hall–Kier alpha value is -0.470. The molecule has 0 bridgehead atoms. The summed E-state index contributed by atoms with van der Waals surface area (Å²) < 4.78 is 0. The van der Waals surface area contributed by atoms with Gasteiger partial charge in [0.2, 0.25) is 0 Å². The lowest BCUT2D eigenvalue weighted by Gasteiger charge is -2.21. The lowest BCUT2D eigenvalue weighted by molar-refractivity contribution is 0.476. The monoisotopic (exact) mass is 221 g/mol. The molecule has 1 saturated heterocycles. The number of benzene rings is 1. The Kier molecular flexibility index (Phi) is 3.71. The van der Waals surface area contributed by atoms with Crippen molar-refractivity contribution in [1.82, 2.24) is 0 Å². The molecule has 1 aromatic rings. The fourth-order valence-corrected chi connectivity index (χ4v) is 3.62. The van der Waals surface area contributed by atoms with E-state index in [2.05, 4.69) is 43.0 Å². The second-order valence-corrected chi connectivity index (χ2v) is 5.53. The molecular weight excluding hydrogens is 202 g/mol. The van der Waals surface area contributed by atoms with Crippen LogP contribution in [0.4, 0.5) is 0 Å². The molecule has 2 N–H and O–H groups in total. The number of aryl methyl sites for hydroxylation is 1. The van der Waals surface area contributed by atoms with Gasteiger partial charge in [0.1, 0.15) is 0 Å². The van der Waals surface area contributed by atoms with Crippen molar-refractivity contribution < 1.29 is 0 Å². The molecule has 1 nitrogen and oxygen atoms in total. The first-order valence-electron chi connectivity index (χ1n) is 5.65. The van der Waals surface area contributed by atoms with E-state index in [0.29, 0.717) is 5.92 Å². The predicted molar refractivity (Wildman–Crippen MR) is 68.4 cm³/mol. The summed E-state index contributed by atoms with van der Waals surface area (Å²) >= 11 is 2.07. The van der Waals surface area contributed by atoms with E-state index in [0.717, 1.165) is 12.5 Å². The first-order valence-corrected chi connectivity index (χ1v) is 6.81. The lowest BCUT2D eigenvalue weighted by Crippen LogP contribution is -2.21.